The zero-order valence-electron chi connectivity index (χ0n) is 19.1. The minimum absolute atomic E-state index is 0.0705. The van der Waals surface area contributed by atoms with E-state index >= 15 is 0 Å². The van der Waals surface area contributed by atoms with Crippen molar-refractivity contribution in [3.05, 3.63) is 41.4 Å². The molecule has 0 aliphatic rings. The third kappa shape index (κ3) is 10.1. The molecule has 10 heteroatoms. The third-order valence-corrected chi connectivity index (χ3v) is 4.05. The van der Waals surface area contributed by atoms with Crippen molar-refractivity contribution in [2.45, 2.75) is 51.3 Å². The molecule has 0 aliphatic carbocycles. The maximum Gasteiger partial charge on any atom is 0.329 e. The van der Waals surface area contributed by atoms with E-state index < -0.39 is 35.3 Å². The molecule has 32 heavy (non-hydrogen) atoms. The molecule has 1 rings (SSSR count). The molecule has 0 radical (unpaired) electrons. The number of ketones is 1. The highest BCUT2D eigenvalue weighted by Gasteiger charge is 2.31. The van der Waals surface area contributed by atoms with Gasteiger partial charge in [-0.25, -0.2) is 4.79 Å². The van der Waals surface area contributed by atoms with E-state index in [1.54, 1.807) is 70.1 Å². The van der Waals surface area contributed by atoms with Gasteiger partial charge in [0.2, 0.25) is 17.6 Å². The molecule has 2 amide bonds. The normalized spacial score (nSPS) is 12.8. The quantitative estimate of drug-likeness (QED) is 0.224. The monoisotopic (exact) mass is 445 g/mol. The van der Waals surface area contributed by atoms with Crippen molar-refractivity contribution in [1.82, 2.24) is 15.5 Å². The number of benzene rings is 1. The van der Waals surface area contributed by atoms with Crippen molar-refractivity contribution >= 4 is 29.8 Å². The van der Waals surface area contributed by atoms with Gasteiger partial charge in [0.25, 0.3) is 0 Å². The fourth-order valence-corrected chi connectivity index (χ4v) is 2.73. The lowest BCUT2D eigenvalue weighted by atomic mass is 10.0. The lowest BCUT2D eigenvalue weighted by molar-refractivity contribution is -0.159. The molecular weight excluding hydrogens is 414 g/mol. The van der Waals surface area contributed by atoms with Gasteiger partial charge in [0.05, 0.1) is 6.54 Å². The fraction of sp³-hybridized carbons (Fsp3) is 0.500. The van der Waals surface area contributed by atoms with E-state index in [0.717, 1.165) is 6.21 Å². The van der Waals surface area contributed by atoms with Crippen LogP contribution in [0.5, 0.6) is 0 Å². The minimum atomic E-state index is -1.14. The van der Waals surface area contributed by atoms with Crippen LogP contribution < -0.4 is 10.6 Å². The number of rotatable bonds is 11. The molecule has 1 aromatic carbocycles. The van der Waals surface area contributed by atoms with E-state index in [1.165, 1.54) is 0 Å². The van der Waals surface area contributed by atoms with Crippen molar-refractivity contribution in [3.8, 4) is 0 Å². The van der Waals surface area contributed by atoms with Crippen LogP contribution in [0.1, 0.15) is 45.2 Å². The number of esters is 1. The molecule has 0 saturated heterocycles. The summed E-state index contributed by atoms with van der Waals surface area (Å²) in [6.45, 7) is 5.12. The van der Waals surface area contributed by atoms with Crippen LogP contribution in [0, 0.1) is 0 Å². The molecule has 0 heterocycles. The molecule has 10 nitrogen and oxygen atoms in total. The maximum atomic E-state index is 13.1. The lowest BCUT2D eigenvalue weighted by Gasteiger charge is -2.26. The molecule has 0 unspecified atom stereocenters. The van der Waals surface area contributed by atoms with Gasteiger partial charge < -0.3 is 25.8 Å². The van der Waals surface area contributed by atoms with E-state index in [2.05, 4.69) is 15.4 Å². The fourth-order valence-electron chi connectivity index (χ4n) is 2.73. The van der Waals surface area contributed by atoms with Gasteiger partial charge >= 0.3 is 12.2 Å². The topological polar surface area (TPSA) is 141 Å². The standard InChI is InChI=1S/C22H31N5O5/c1-22(2,3)32-21(31)17(12-11-16(28)13-24-23)25-20(30)19(15-9-7-6-8-10-15)26-18(29)14-27(4)5/h6-10,13,17,19H,11-12,14H2,1-5H3,(H,25,30)(H,26,29)/t17-,19-/m0/s1. The number of Topliss-reactive ketones (excluding diaryl/α,β-unsaturated/α-hetero) is 1. The van der Waals surface area contributed by atoms with Crippen molar-refractivity contribution in [2.24, 2.45) is 0 Å². The second kappa shape index (κ2) is 12.5. The molecule has 0 saturated carbocycles. The molecule has 174 valence electrons. The SMILES string of the molecule is CN(C)CC(=O)N[C@H](C(=O)N[C@@H](CCC(=O)C=[N+]=[N-])C(=O)OC(C)(C)C)c1ccccc1. The van der Waals surface area contributed by atoms with Crippen LogP contribution in [0.3, 0.4) is 0 Å². The van der Waals surface area contributed by atoms with Gasteiger partial charge in [-0.1, -0.05) is 30.3 Å². The molecule has 0 aromatic heterocycles. The minimum Gasteiger partial charge on any atom is -0.458 e. The van der Waals surface area contributed by atoms with Crippen molar-refractivity contribution in [3.63, 3.8) is 0 Å². The summed E-state index contributed by atoms with van der Waals surface area (Å²) >= 11 is 0. The number of hydrogen-bond acceptors (Lipinski definition) is 6. The summed E-state index contributed by atoms with van der Waals surface area (Å²) < 4.78 is 5.37. The highest BCUT2D eigenvalue weighted by atomic mass is 16.6. The van der Waals surface area contributed by atoms with Gasteiger partial charge in [0.15, 0.2) is 0 Å². The second-order valence-electron chi connectivity index (χ2n) is 8.49. The largest absolute Gasteiger partial charge is 0.458 e. The first-order valence-corrected chi connectivity index (χ1v) is 10.2. The summed E-state index contributed by atoms with van der Waals surface area (Å²) in [5, 5.41) is 5.27. The van der Waals surface area contributed by atoms with E-state index in [4.69, 9.17) is 10.3 Å². The summed E-state index contributed by atoms with van der Waals surface area (Å²) in [5.74, 6) is -2.23. The molecule has 0 fully saturated rings. The van der Waals surface area contributed by atoms with E-state index in [9.17, 15) is 19.2 Å². The summed E-state index contributed by atoms with van der Waals surface area (Å²) in [6.07, 6.45) is 0.498. The summed E-state index contributed by atoms with van der Waals surface area (Å²) in [7, 11) is 3.45. The number of likely N-dealkylation sites (N-methyl/N-ethyl adjacent to an activating group) is 1. The number of ether oxygens (including phenoxy) is 1. The molecule has 0 spiro atoms. The van der Waals surface area contributed by atoms with Gasteiger partial charge in [-0.05, 0) is 46.9 Å². The Morgan fingerprint density at radius 3 is 2.28 bits per heavy atom. The summed E-state index contributed by atoms with van der Waals surface area (Å²) in [6, 6.07) is 6.40. The maximum absolute atomic E-state index is 13.1. The number of hydrogen-bond donors (Lipinski definition) is 2. The average molecular weight is 446 g/mol. The van der Waals surface area contributed by atoms with Crippen LogP contribution >= 0.6 is 0 Å². The number of carbonyl (C=O) groups is 4. The van der Waals surface area contributed by atoms with Crippen molar-refractivity contribution in [2.75, 3.05) is 20.6 Å². The number of nitrogens with one attached hydrogen (secondary N) is 2. The van der Waals surface area contributed by atoms with Crippen LogP contribution in [0.2, 0.25) is 0 Å². The van der Waals surface area contributed by atoms with Crippen LogP contribution in [-0.2, 0) is 23.9 Å². The lowest BCUT2D eigenvalue weighted by Crippen LogP contribution is -2.49. The van der Waals surface area contributed by atoms with Gasteiger partial charge in [0, 0.05) is 6.42 Å². The smallest absolute Gasteiger partial charge is 0.329 e. The van der Waals surface area contributed by atoms with Crippen molar-refractivity contribution < 1.29 is 28.7 Å². The summed E-state index contributed by atoms with van der Waals surface area (Å²) in [4.78, 5) is 54.2. The Balaban J connectivity index is 3.10. The Morgan fingerprint density at radius 1 is 1.12 bits per heavy atom. The molecule has 1 aromatic rings. The average Bonchev–Trinajstić information content (AvgIpc) is 2.68. The number of carbonyl (C=O) groups excluding carboxylic acids is 4. The highest BCUT2D eigenvalue weighted by Crippen LogP contribution is 2.16. The Hall–Kier alpha value is -3.36. The van der Waals surface area contributed by atoms with Gasteiger partial charge in [-0.2, -0.15) is 4.79 Å². The molecular formula is C22H31N5O5. The zero-order valence-corrected chi connectivity index (χ0v) is 19.1. The van der Waals surface area contributed by atoms with Crippen LogP contribution in [0.4, 0.5) is 0 Å². The third-order valence-electron chi connectivity index (χ3n) is 4.05. The van der Waals surface area contributed by atoms with E-state index in [-0.39, 0.29) is 25.3 Å². The zero-order chi connectivity index (χ0) is 24.3. The predicted octanol–water partition coefficient (Wildman–Crippen LogP) is 0.882. The van der Waals surface area contributed by atoms with E-state index in [1.807, 2.05) is 0 Å². The second-order valence-corrected chi connectivity index (χ2v) is 8.49. The van der Waals surface area contributed by atoms with Gasteiger partial charge in [0.1, 0.15) is 17.7 Å². The Bertz CT molecular complexity index is 857. The van der Waals surface area contributed by atoms with E-state index in [0.29, 0.717) is 5.56 Å². The molecule has 0 aliphatic heterocycles. The predicted molar refractivity (Wildman–Crippen MR) is 118 cm³/mol. The first kappa shape index (κ1) is 26.7. The van der Waals surface area contributed by atoms with Crippen LogP contribution in [-0.4, -0.2) is 71.8 Å². The molecule has 2 N–H and O–H groups in total. The first-order chi connectivity index (χ1) is 14.9. The molecule has 0 bridgehead atoms. The van der Waals surface area contributed by atoms with Crippen LogP contribution in [0.15, 0.2) is 30.3 Å². The van der Waals surface area contributed by atoms with Gasteiger partial charge in [-0.3, -0.25) is 14.4 Å². The first-order valence-electron chi connectivity index (χ1n) is 10.2. The number of nitrogens with zero attached hydrogens (tertiary/aromatic N) is 3. The molecule has 2 atom stereocenters. The van der Waals surface area contributed by atoms with Gasteiger partial charge in [-0.15, -0.1) is 0 Å². The number of amides is 2. The Kier molecular flexibility index (Phi) is 10.4. The Morgan fingerprint density at radius 2 is 1.75 bits per heavy atom. The highest BCUT2D eigenvalue weighted by molar-refractivity contribution is 6.25. The summed E-state index contributed by atoms with van der Waals surface area (Å²) in [5.41, 5.74) is 8.22. The Labute approximate surface area is 187 Å². The van der Waals surface area contributed by atoms with Crippen molar-refractivity contribution in [1.29, 1.82) is 0 Å². The van der Waals surface area contributed by atoms with Crippen LogP contribution in [0.25, 0.3) is 5.53 Å².